The molecule has 2 heterocycles. The number of carbonyl (C=O) groups is 1. The Balaban J connectivity index is 1.93. The van der Waals surface area contributed by atoms with Crippen molar-refractivity contribution in [3.05, 3.63) is 81.1 Å². The van der Waals surface area contributed by atoms with Crippen LogP contribution in [0.5, 0.6) is 0 Å². The number of nitrogens with zero attached hydrogens (tertiary/aromatic N) is 2. The fourth-order valence-corrected chi connectivity index (χ4v) is 4.01. The highest BCUT2D eigenvalue weighted by atomic mass is 79.9. The summed E-state index contributed by atoms with van der Waals surface area (Å²) in [6.07, 6.45) is 0.888. The Morgan fingerprint density at radius 1 is 1.15 bits per heavy atom. The Hall–Kier alpha value is -2.40. The van der Waals surface area contributed by atoms with Gasteiger partial charge >= 0.3 is 0 Å². The topological polar surface area (TPSA) is 46.9 Å². The number of fused-ring (bicyclic) bond motifs is 1. The lowest BCUT2D eigenvalue weighted by atomic mass is 9.95. The van der Waals surface area contributed by atoms with E-state index in [0.29, 0.717) is 5.69 Å². The van der Waals surface area contributed by atoms with Crippen LogP contribution in [0.15, 0.2) is 53.0 Å². The average Bonchev–Trinajstić information content (AvgIpc) is 3.21. The van der Waals surface area contributed by atoms with Crippen LogP contribution in [0.1, 0.15) is 65.6 Å². The zero-order chi connectivity index (χ0) is 19.1. The third kappa shape index (κ3) is 3.00. The van der Waals surface area contributed by atoms with Crippen molar-refractivity contribution in [2.75, 3.05) is 0 Å². The van der Waals surface area contributed by atoms with Crippen LogP contribution in [0.3, 0.4) is 0 Å². The van der Waals surface area contributed by atoms with E-state index in [0.717, 1.165) is 33.4 Å². The molecule has 3 aromatic rings. The van der Waals surface area contributed by atoms with E-state index in [-0.39, 0.29) is 17.9 Å². The molecule has 2 aromatic carbocycles. The molecule has 0 radical (unpaired) electrons. The summed E-state index contributed by atoms with van der Waals surface area (Å²) in [7, 11) is 0. The lowest BCUT2D eigenvalue weighted by molar-refractivity contribution is 0.0953. The number of rotatable bonds is 4. The van der Waals surface area contributed by atoms with Crippen molar-refractivity contribution in [1.82, 2.24) is 15.1 Å². The summed E-state index contributed by atoms with van der Waals surface area (Å²) in [5, 5.41) is 8.06. The fourth-order valence-electron chi connectivity index (χ4n) is 3.74. The van der Waals surface area contributed by atoms with Gasteiger partial charge in [-0.15, -0.1) is 0 Å². The molecule has 4 nitrogen and oxygen atoms in total. The predicted octanol–water partition coefficient (Wildman–Crippen LogP) is 5.15. The van der Waals surface area contributed by atoms with Crippen molar-refractivity contribution < 1.29 is 4.79 Å². The third-order valence-corrected chi connectivity index (χ3v) is 5.61. The Labute approximate surface area is 167 Å². The predicted molar refractivity (Wildman–Crippen MR) is 110 cm³/mol. The molecular weight excluding hydrogens is 402 g/mol. The van der Waals surface area contributed by atoms with Gasteiger partial charge in [-0.2, -0.15) is 5.10 Å². The number of nitrogens with one attached hydrogen (secondary N) is 1. The van der Waals surface area contributed by atoms with Crippen LogP contribution >= 0.6 is 15.9 Å². The average molecular weight is 424 g/mol. The molecule has 0 aliphatic carbocycles. The minimum atomic E-state index is -0.166. The molecule has 138 valence electrons. The lowest BCUT2D eigenvalue weighted by Gasteiger charge is -2.14. The normalized spacial score (nSPS) is 15.9. The van der Waals surface area contributed by atoms with Crippen molar-refractivity contribution in [1.29, 1.82) is 0 Å². The summed E-state index contributed by atoms with van der Waals surface area (Å²) in [6, 6.07) is 16.1. The first-order valence-electron chi connectivity index (χ1n) is 9.28. The number of benzene rings is 2. The van der Waals surface area contributed by atoms with E-state index in [1.165, 1.54) is 5.56 Å². The van der Waals surface area contributed by atoms with Gasteiger partial charge in [0.05, 0.1) is 17.4 Å². The van der Waals surface area contributed by atoms with Gasteiger partial charge in [0.1, 0.15) is 5.69 Å². The summed E-state index contributed by atoms with van der Waals surface area (Å²) >= 11 is 3.48. The fraction of sp³-hybridized carbons (Fsp3) is 0.273. The molecule has 0 fully saturated rings. The number of hydrogen-bond donors (Lipinski definition) is 1. The summed E-state index contributed by atoms with van der Waals surface area (Å²) in [5.41, 5.74) is 5.86. The molecule has 1 unspecified atom stereocenters. The van der Waals surface area contributed by atoms with E-state index in [1.807, 2.05) is 47.1 Å². The summed E-state index contributed by atoms with van der Waals surface area (Å²) in [4.78, 5) is 13.0. The molecule has 1 atom stereocenters. The number of aryl methyl sites for hydroxylation is 1. The first-order valence-corrected chi connectivity index (χ1v) is 10.1. The number of hydrogen-bond acceptors (Lipinski definition) is 2. The number of para-hydroxylation sites is 1. The van der Waals surface area contributed by atoms with Gasteiger partial charge in [0.2, 0.25) is 0 Å². The van der Waals surface area contributed by atoms with Gasteiger partial charge in [0.15, 0.2) is 0 Å². The van der Waals surface area contributed by atoms with Crippen LogP contribution in [0.2, 0.25) is 0 Å². The van der Waals surface area contributed by atoms with Gasteiger partial charge in [-0.25, -0.2) is 4.68 Å². The van der Waals surface area contributed by atoms with E-state index < -0.39 is 0 Å². The van der Waals surface area contributed by atoms with Gasteiger partial charge in [-0.1, -0.05) is 67.0 Å². The van der Waals surface area contributed by atoms with Crippen LogP contribution in [-0.4, -0.2) is 15.7 Å². The first kappa shape index (κ1) is 18.0. The highest BCUT2D eigenvalue weighted by Crippen LogP contribution is 2.38. The molecule has 0 saturated carbocycles. The molecule has 1 aliphatic heterocycles. The SMILES string of the molecule is CCc1ccccc1-n1nc(C(C)C)c2c1C(=O)NC2c1ccc(Br)cc1. The maximum atomic E-state index is 13.0. The highest BCUT2D eigenvalue weighted by Gasteiger charge is 2.38. The maximum absolute atomic E-state index is 13.0. The highest BCUT2D eigenvalue weighted by molar-refractivity contribution is 9.10. The van der Waals surface area contributed by atoms with E-state index in [1.54, 1.807) is 0 Å². The molecule has 1 N–H and O–H groups in total. The number of halogens is 1. The van der Waals surface area contributed by atoms with E-state index >= 15 is 0 Å². The second kappa shape index (κ2) is 6.97. The Morgan fingerprint density at radius 3 is 2.52 bits per heavy atom. The molecule has 0 bridgehead atoms. The van der Waals surface area contributed by atoms with Crippen molar-refractivity contribution in [2.45, 2.75) is 39.2 Å². The van der Waals surface area contributed by atoms with Crippen molar-refractivity contribution >= 4 is 21.8 Å². The minimum Gasteiger partial charge on any atom is -0.340 e. The third-order valence-electron chi connectivity index (χ3n) is 5.08. The van der Waals surface area contributed by atoms with Crippen LogP contribution in [0.4, 0.5) is 0 Å². The quantitative estimate of drug-likeness (QED) is 0.630. The van der Waals surface area contributed by atoms with Crippen LogP contribution in [0.25, 0.3) is 5.69 Å². The largest absolute Gasteiger partial charge is 0.340 e. The van der Waals surface area contributed by atoms with Gasteiger partial charge in [0.25, 0.3) is 5.91 Å². The number of carbonyl (C=O) groups excluding carboxylic acids is 1. The van der Waals surface area contributed by atoms with Crippen LogP contribution < -0.4 is 5.32 Å². The van der Waals surface area contributed by atoms with Crippen molar-refractivity contribution in [2.24, 2.45) is 0 Å². The molecule has 4 rings (SSSR count). The number of amides is 1. The van der Waals surface area contributed by atoms with E-state index in [2.05, 4.69) is 48.1 Å². The molecule has 27 heavy (non-hydrogen) atoms. The van der Waals surface area contributed by atoms with Gasteiger partial charge in [-0.3, -0.25) is 4.79 Å². The smallest absolute Gasteiger partial charge is 0.271 e. The van der Waals surface area contributed by atoms with E-state index in [9.17, 15) is 4.79 Å². The second-order valence-corrected chi connectivity index (χ2v) is 8.07. The van der Waals surface area contributed by atoms with Gasteiger partial charge < -0.3 is 5.32 Å². The molecule has 1 amide bonds. The molecule has 5 heteroatoms. The second-order valence-electron chi connectivity index (χ2n) is 7.15. The molecule has 0 spiro atoms. The first-order chi connectivity index (χ1) is 13.0. The van der Waals surface area contributed by atoms with Gasteiger partial charge in [0, 0.05) is 10.0 Å². The number of aromatic nitrogens is 2. The molecule has 0 saturated heterocycles. The summed E-state index contributed by atoms with van der Waals surface area (Å²) in [5.74, 6) is 0.155. The van der Waals surface area contributed by atoms with Crippen molar-refractivity contribution in [3.8, 4) is 5.69 Å². The zero-order valence-corrected chi connectivity index (χ0v) is 17.2. The molecule has 1 aliphatic rings. The van der Waals surface area contributed by atoms with Crippen molar-refractivity contribution in [3.63, 3.8) is 0 Å². The Bertz CT molecular complexity index is 1000. The molecular formula is C22H22BrN3O. The maximum Gasteiger partial charge on any atom is 0.271 e. The minimum absolute atomic E-state index is 0.0665. The standard InChI is InChI=1S/C22H22BrN3O/c1-4-14-7-5-6-8-17(14)26-21-18(19(25-26)13(2)3)20(24-22(21)27)15-9-11-16(23)12-10-15/h5-13,20H,4H2,1-3H3,(H,24,27). The monoisotopic (exact) mass is 423 g/mol. The lowest BCUT2D eigenvalue weighted by Crippen LogP contribution is -2.23. The van der Waals surface area contributed by atoms with Gasteiger partial charge in [-0.05, 0) is 41.7 Å². The zero-order valence-electron chi connectivity index (χ0n) is 15.7. The summed E-state index contributed by atoms with van der Waals surface area (Å²) < 4.78 is 2.87. The molecule has 1 aromatic heterocycles. The van der Waals surface area contributed by atoms with Crippen LogP contribution in [0, 0.1) is 0 Å². The summed E-state index contributed by atoms with van der Waals surface area (Å²) in [6.45, 7) is 6.37. The van der Waals surface area contributed by atoms with E-state index in [4.69, 9.17) is 5.10 Å². The van der Waals surface area contributed by atoms with Crippen LogP contribution in [-0.2, 0) is 6.42 Å². The Morgan fingerprint density at radius 2 is 1.85 bits per heavy atom. The Kier molecular flexibility index (Phi) is 4.64.